The number of fused-ring (bicyclic) bond motifs is 1. The summed E-state index contributed by atoms with van der Waals surface area (Å²) in [5.74, 6) is 0.560. The Balaban J connectivity index is 1.87. The standard InChI is InChI=1S/C16H10Se4/c1-3-9-4-2-6-12-13(9)10(5-1)11-7-8-17-16-14(11)15(12)18-20-19-16/h1-7,13H,8H2. The van der Waals surface area contributed by atoms with Crippen molar-refractivity contribution in [2.24, 2.45) is 5.92 Å². The number of allylic oxidation sites excluding steroid dienone is 13. The van der Waals surface area contributed by atoms with Gasteiger partial charge in [0.25, 0.3) is 0 Å². The van der Waals surface area contributed by atoms with Gasteiger partial charge in [0, 0.05) is 0 Å². The van der Waals surface area contributed by atoms with Crippen LogP contribution < -0.4 is 0 Å². The molecule has 0 saturated heterocycles. The molecule has 0 bridgehead atoms. The van der Waals surface area contributed by atoms with E-state index in [1.54, 1.807) is 26.8 Å². The Morgan fingerprint density at radius 3 is 3.00 bits per heavy atom. The molecule has 2 aliphatic heterocycles. The Morgan fingerprint density at radius 2 is 2.00 bits per heavy atom. The van der Waals surface area contributed by atoms with E-state index in [0.717, 1.165) is 52.5 Å². The second-order valence-electron chi connectivity index (χ2n) is 5.05. The molecule has 0 radical (unpaired) electrons. The van der Waals surface area contributed by atoms with E-state index in [2.05, 4.69) is 42.5 Å². The van der Waals surface area contributed by atoms with Crippen LogP contribution in [0.2, 0.25) is 5.32 Å². The summed E-state index contributed by atoms with van der Waals surface area (Å²) in [6.07, 6.45) is 16.5. The maximum absolute atomic E-state index is 2.56. The first-order valence-electron chi connectivity index (χ1n) is 6.54. The predicted molar refractivity (Wildman–Crippen MR) is 87.9 cm³/mol. The zero-order chi connectivity index (χ0) is 13.1. The summed E-state index contributed by atoms with van der Waals surface area (Å²) < 4.78 is 3.68. The first kappa shape index (κ1) is 12.8. The molecule has 5 rings (SSSR count). The number of hydrogen-bond donors (Lipinski definition) is 0. The fourth-order valence-electron chi connectivity index (χ4n) is 3.29. The molecule has 0 spiro atoms. The predicted octanol–water partition coefficient (Wildman–Crippen LogP) is 2.09. The van der Waals surface area contributed by atoms with Gasteiger partial charge in [0.15, 0.2) is 0 Å². The topological polar surface area (TPSA) is 0 Å². The fraction of sp³-hybridized carbons (Fsp3) is 0.125. The van der Waals surface area contributed by atoms with Crippen molar-refractivity contribution in [3.8, 4) is 0 Å². The third-order valence-electron chi connectivity index (χ3n) is 4.09. The molecule has 98 valence electrons. The van der Waals surface area contributed by atoms with E-state index < -0.39 is 0 Å². The van der Waals surface area contributed by atoms with Gasteiger partial charge in [0.1, 0.15) is 0 Å². The molecule has 0 aromatic carbocycles. The minimum atomic E-state index is 0.560. The normalized spacial score (nSPS) is 29.6. The third kappa shape index (κ3) is 1.72. The number of hydrogen-bond acceptors (Lipinski definition) is 0. The van der Waals surface area contributed by atoms with Gasteiger partial charge in [-0.3, -0.25) is 0 Å². The summed E-state index contributed by atoms with van der Waals surface area (Å²) in [7, 11) is 0. The number of rotatable bonds is 0. The second kappa shape index (κ2) is 4.88. The average Bonchev–Trinajstić information content (AvgIpc) is 2.52. The molecule has 3 aliphatic carbocycles. The van der Waals surface area contributed by atoms with Gasteiger partial charge in [0.05, 0.1) is 0 Å². The van der Waals surface area contributed by atoms with Crippen LogP contribution in [0.5, 0.6) is 0 Å². The van der Waals surface area contributed by atoms with E-state index in [1.807, 2.05) is 3.37 Å². The Kier molecular flexibility index (Phi) is 3.12. The van der Waals surface area contributed by atoms with E-state index in [4.69, 9.17) is 0 Å². The van der Waals surface area contributed by atoms with Gasteiger partial charge in [-0.25, -0.2) is 0 Å². The van der Waals surface area contributed by atoms with Crippen LogP contribution in [0.15, 0.2) is 78.2 Å². The van der Waals surface area contributed by atoms with Crippen molar-refractivity contribution in [1.29, 1.82) is 0 Å². The summed E-state index contributed by atoms with van der Waals surface area (Å²) in [6, 6.07) is 0. The molecular weight excluding hydrogens is 508 g/mol. The van der Waals surface area contributed by atoms with Crippen LogP contribution in [0.3, 0.4) is 0 Å². The summed E-state index contributed by atoms with van der Waals surface area (Å²) in [4.78, 5) is 0. The van der Waals surface area contributed by atoms with Gasteiger partial charge in [-0.15, -0.1) is 0 Å². The van der Waals surface area contributed by atoms with Gasteiger partial charge >= 0.3 is 142 Å². The second-order valence-corrected chi connectivity index (χ2v) is 24.0. The van der Waals surface area contributed by atoms with E-state index in [0.29, 0.717) is 5.92 Å². The van der Waals surface area contributed by atoms with Crippen LogP contribution in [-0.2, 0) is 0 Å². The van der Waals surface area contributed by atoms with Crippen LogP contribution >= 0.6 is 0 Å². The molecule has 0 fully saturated rings. The van der Waals surface area contributed by atoms with E-state index in [-0.39, 0.29) is 0 Å². The van der Waals surface area contributed by atoms with Crippen molar-refractivity contribution in [1.82, 2.24) is 0 Å². The Bertz CT molecular complexity index is 740. The Hall–Kier alpha value is 0.258. The molecule has 0 aromatic heterocycles. The van der Waals surface area contributed by atoms with E-state index in [1.165, 1.54) is 10.9 Å². The van der Waals surface area contributed by atoms with Crippen LogP contribution in [0, 0.1) is 5.92 Å². The third-order valence-corrected chi connectivity index (χ3v) is 25.9. The molecular formula is C16H10Se4. The van der Waals surface area contributed by atoms with Crippen LogP contribution in [-0.4, -0.2) is 52.5 Å². The molecule has 5 aliphatic rings. The molecule has 0 saturated carbocycles. The summed E-state index contributed by atoms with van der Waals surface area (Å²) >= 11 is 3.32. The quantitative estimate of drug-likeness (QED) is 0.432. The molecule has 0 amide bonds. The van der Waals surface area contributed by atoms with Crippen LogP contribution in [0.4, 0.5) is 0 Å². The van der Waals surface area contributed by atoms with E-state index >= 15 is 0 Å². The zero-order valence-electron chi connectivity index (χ0n) is 10.5. The van der Waals surface area contributed by atoms with Crippen molar-refractivity contribution in [3.63, 3.8) is 0 Å². The fourth-order valence-corrected chi connectivity index (χ4v) is 33.9. The molecule has 1 unspecified atom stereocenters. The van der Waals surface area contributed by atoms with Gasteiger partial charge in [-0.05, 0) is 0 Å². The zero-order valence-corrected chi connectivity index (χ0v) is 17.3. The van der Waals surface area contributed by atoms with Gasteiger partial charge in [0.2, 0.25) is 0 Å². The molecule has 0 N–H and O–H groups in total. The molecule has 2 heterocycles. The summed E-state index contributed by atoms with van der Waals surface area (Å²) in [5, 5.41) is 1.33. The molecule has 0 aromatic rings. The molecule has 20 heavy (non-hydrogen) atoms. The maximum atomic E-state index is 2.56. The first-order chi connectivity index (χ1) is 9.93. The summed E-state index contributed by atoms with van der Waals surface area (Å²) in [5.41, 5.74) is 8.11. The van der Waals surface area contributed by atoms with Crippen LogP contribution in [0.1, 0.15) is 0 Å². The SMILES string of the molecule is C1=CC2=CC=CC3=C4[Se][Se][Se]C5=C4C(=CC[Se]5)C(=C1)C23. The Morgan fingerprint density at radius 1 is 1.05 bits per heavy atom. The average molecular weight is 518 g/mol. The van der Waals surface area contributed by atoms with Crippen molar-refractivity contribution in [3.05, 3.63) is 78.2 Å². The monoisotopic (exact) mass is 522 g/mol. The van der Waals surface area contributed by atoms with Crippen LogP contribution in [0.25, 0.3) is 0 Å². The van der Waals surface area contributed by atoms with Crippen molar-refractivity contribution in [2.75, 3.05) is 0 Å². The molecule has 0 nitrogen and oxygen atoms in total. The van der Waals surface area contributed by atoms with Crippen molar-refractivity contribution >= 4 is 52.5 Å². The molecule has 4 heteroatoms. The first-order valence-corrected chi connectivity index (χ1v) is 19.0. The van der Waals surface area contributed by atoms with E-state index in [9.17, 15) is 0 Å². The molecule has 1 atom stereocenters. The van der Waals surface area contributed by atoms with Gasteiger partial charge in [-0.2, -0.15) is 0 Å². The van der Waals surface area contributed by atoms with Crippen molar-refractivity contribution < 1.29 is 0 Å². The minimum absolute atomic E-state index is 0.560. The van der Waals surface area contributed by atoms with Crippen molar-refractivity contribution in [2.45, 2.75) is 5.32 Å². The summed E-state index contributed by atoms with van der Waals surface area (Å²) in [6.45, 7) is 0. The Labute approximate surface area is 141 Å². The van der Waals surface area contributed by atoms with Gasteiger partial charge < -0.3 is 0 Å². The van der Waals surface area contributed by atoms with Gasteiger partial charge in [-0.1, -0.05) is 0 Å².